The number of fused-ring (bicyclic) bond motifs is 5. The largest absolute Gasteiger partial charge is 0.482 e. The van der Waals surface area contributed by atoms with Gasteiger partial charge in [-0.05, 0) is 110 Å². The Labute approximate surface area is 418 Å². The molecule has 12 atom stereocenters. The first kappa shape index (κ1) is 52.2. The van der Waals surface area contributed by atoms with Crippen LogP contribution in [-0.4, -0.2) is 110 Å². The Balaban J connectivity index is 1.36. The van der Waals surface area contributed by atoms with Gasteiger partial charge in [-0.2, -0.15) is 5.26 Å². The van der Waals surface area contributed by atoms with Crippen LogP contribution in [0.15, 0.2) is 75.9 Å². The number of aliphatic hydroxyl groups excluding tert-OH is 4. The van der Waals surface area contributed by atoms with Crippen LogP contribution in [0.25, 0.3) is 11.8 Å². The van der Waals surface area contributed by atoms with E-state index in [1.165, 1.54) is 44.4 Å². The maximum absolute atomic E-state index is 15.2. The lowest BCUT2D eigenvalue weighted by molar-refractivity contribution is -0.277. The van der Waals surface area contributed by atoms with Crippen molar-refractivity contribution in [1.82, 2.24) is 0 Å². The number of amidine groups is 1. The molecule has 7 unspecified atom stereocenters. The number of nitrogens with two attached hydrogens (primary N) is 1. The molecule has 384 valence electrons. The molecule has 3 aliphatic carbocycles. The molecule has 2 aromatic rings. The molecular formula is C55H65N3O14. The van der Waals surface area contributed by atoms with Crippen molar-refractivity contribution in [3.05, 3.63) is 93.1 Å². The highest BCUT2D eigenvalue weighted by molar-refractivity contribution is 6.05. The van der Waals surface area contributed by atoms with E-state index in [1.54, 1.807) is 0 Å². The van der Waals surface area contributed by atoms with E-state index in [9.17, 15) is 40.4 Å². The number of esters is 2. The van der Waals surface area contributed by atoms with Gasteiger partial charge in [0.25, 0.3) is 0 Å². The first-order valence-electron chi connectivity index (χ1n) is 24.4. The van der Waals surface area contributed by atoms with Crippen molar-refractivity contribution in [1.29, 1.82) is 5.26 Å². The minimum absolute atomic E-state index is 0.0166. The predicted octanol–water partition coefficient (Wildman–Crippen LogP) is 5.59. The summed E-state index contributed by atoms with van der Waals surface area (Å²) in [4.78, 5) is 47.7. The lowest BCUT2D eigenvalue weighted by Crippen LogP contribution is -2.79. The number of aliphatic hydroxyl groups is 5. The number of methoxy groups -OCH3 is 1. The highest BCUT2D eigenvalue weighted by Gasteiger charge is 2.77. The standard InChI is InChI=1S/C55H65N3O14/c1-26(2)11-10-20-53(8)21-19-33-45(71-53)32(17-12-27(3)4)47-39(46(33)70-51(65)30-13-15-31(16-14-30)68-52-44(62)43(61)42(60)37(25-59)69-52)41-40-38(35(24-56)49(57)58-41)34-23-36(28(5)6)55(40,72-47)54(66,48(34)63)22-18-29(7)50(64)67-9/h11-16,18-19,21,28,34-38,42-44,52,59-62,66H,10,17,20,22-23,25H2,1-9H3,(H2,57,58)/t34?,35?,36?,37-,38?,42-,43+,44-,52-,53?,54?,55?/m0/s1. The maximum Gasteiger partial charge on any atom is 0.343 e. The quantitative estimate of drug-likeness (QED) is 0.0583. The summed E-state index contributed by atoms with van der Waals surface area (Å²) in [6.07, 6.45) is 3.10. The van der Waals surface area contributed by atoms with Crippen molar-refractivity contribution < 1.29 is 68.3 Å². The number of nitriles is 1. The number of hydrogen-bond donors (Lipinski definition) is 6. The molecule has 7 aliphatic rings. The van der Waals surface area contributed by atoms with Gasteiger partial charge in [0.1, 0.15) is 59.0 Å². The Hall–Kier alpha value is -6.13. The van der Waals surface area contributed by atoms with Crippen LogP contribution in [0.4, 0.5) is 0 Å². The zero-order valence-corrected chi connectivity index (χ0v) is 42.1. The number of carbonyl (C=O) groups is 3. The molecule has 1 saturated heterocycles. The van der Waals surface area contributed by atoms with E-state index in [2.05, 4.69) is 12.1 Å². The van der Waals surface area contributed by atoms with Gasteiger partial charge < -0.3 is 59.7 Å². The SMILES string of the molecule is COC(=O)C(C)=CCC1(O)C(=O)C2CC(C(C)C)C13Oc1c(CC=C(C)C)c4c(c(OC(=O)c5ccc(O[C@H]6O[C@@H](CO)[C@H](O)[C@@H](O)[C@@H]6O)cc5)c1C1=C3C2C(C#N)C(N)=N1)C=CC(C)(CCC=C(C)C)O4. The summed E-state index contributed by atoms with van der Waals surface area (Å²) in [6, 6.07) is 7.97. The minimum atomic E-state index is -2.32. The number of benzene rings is 2. The molecule has 4 heterocycles. The van der Waals surface area contributed by atoms with Gasteiger partial charge >= 0.3 is 11.9 Å². The van der Waals surface area contributed by atoms with Crippen LogP contribution >= 0.6 is 0 Å². The Bertz CT molecular complexity index is 2770. The zero-order chi connectivity index (χ0) is 52.4. The fourth-order valence-corrected chi connectivity index (χ4v) is 11.3. The summed E-state index contributed by atoms with van der Waals surface area (Å²) in [5.41, 5.74) is 5.69. The number of rotatable bonds is 14. The molecule has 4 aliphatic heterocycles. The van der Waals surface area contributed by atoms with E-state index in [-0.39, 0.29) is 70.7 Å². The molecule has 7 N–H and O–H groups in total. The summed E-state index contributed by atoms with van der Waals surface area (Å²) in [5.74, 6) is -5.23. The normalized spacial score (nSPS) is 32.0. The second kappa shape index (κ2) is 19.7. The van der Waals surface area contributed by atoms with Crippen LogP contribution in [0.3, 0.4) is 0 Å². The first-order valence-corrected chi connectivity index (χ1v) is 24.4. The highest BCUT2D eigenvalue weighted by Crippen LogP contribution is 2.69. The van der Waals surface area contributed by atoms with E-state index in [0.29, 0.717) is 35.3 Å². The van der Waals surface area contributed by atoms with E-state index in [1.807, 2.05) is 66.7 Å². The van der Waals surface area contributed by atoms with E-state index < -0.39 is 95.5 Å². The Morgan fingerprint density at radius 3 is 2.32 bits per heavy atom. The van der Waals surface area contributed by atoms with Crippen LogP contribution in [0.2, 0.25) is 0 Å². The molecule has 4 fully saturated rings. The smallest absolute Gasteiger partial charge is 0.343 e. The summed E-state index contributed by atoms with van der Waals surface area (Å²) in [7, 11) is 1.24. The summed E-state index contributed by atoms with van der Waals surface area (Å²) < 4.78 is 37.5. The number of allylic oxidation sites excluding steroid dienone is 4. The highest BCUT2D eigenvalue weighted by atomic mass is 16.7. The lowest BCUT2D eigenvalue weighted by Gasteiger charge is -2.66. The third kappa shape index (κ3) is 8.65. The summed E-state index contributed by atoms with van der Waals surface area (Å²) in [6.45, 7) is 14.7. The van der Waals surface area contributed by atoms with E-state index >= 15 is 4.79 Å². The van der Waals surface area contributed by atoms with Crippen molar-refractivity contribution in [2.75, 3.05) is 13.7 Å². The number of carbonyl (C=O) groups excluding carboxylic acids is 3. The van der Waals surface area contributed by atoms with Crippen molar-refractivity contribution in [3.8, 4) is 29.1 Å². The van der Waals surface area contributed by atoms with Crippen molar-refractivity contribution in [2.24, 2.45) is 40.3 Å². The molecule has 0 aromatic heterocycles. The predicted molar refractivity (Wildman–Crippen MR) is 263 cm³/mol. The topological polar surface area (TPSA) is 270 Å². The second-order valence-corrected chi connectivity index (χ2v) is 20.8. The first-order chi connectivity index (χ1) is 34.1. The number of ketones is 1. The summed E-state index contributed by atoms with van der Waals surface area (Å²) in [5, 5.41) is 65.2. The lowest BCUT2D eigenvalue weighted by atomic mass is 9.43. The molecule has 2 bridgehead atoms. The zero-order valence-electron chi connectivity index (χ0n) is 42.1. The molecule has 0 radical (unpaired) electrons. The molecule has 17 heteroatoms. The number of ether oxygens (including phenoxy) is 6. The number of hydrogen-bond acceptors (Lipinski definition) is 17. The van der Waals surface area contributed by atoms with Crippen LogP contribution in [-0.2, 0) is 25.5 Å². The van der Waals surface area contributed by atoms with Gasteiger partial charge in [-0.1, -0.05) is 43.2 Å². The Morgan fingerprint density at radius 2 is 1.69 bits per heavy atom. The molecule has 2 aromatic carbocycles. The average Bonchev–Trinajstić information content (AvgIpc) is 3.34. The molecule has 17 nitrogen and oxygen atoms in total. The van der Waals surface area contributed by atoms with Crippen LogP contribution in [0.1, 0.15) is 108 Å². The number of nitrogens with zero attached hydrogens (tertiary/aromatic N) is 2. The Morgan fingerprint density at radius 1 is 1.00 bits per heavy atom. The molecule has 0 amide bonds. The van der Waals surface area contributed by atoms with Crippen molar-refractivity contribution in [2.45, 2.75) is 135 Å². The van der Waals surface area contributed by atoms with Crippen molar-refractivity contribution in [3.63, 3.8) is 0 Å². The van der Waals surface area contributed by atoms with Gasteiger partial charge in [0, 0.05) is 40.9 Å². The molecule has 3 saturated carbocycles. The second-order valence-electron chi connectivity index (χ2n) is 20.8. The third-order valence-electron chi connectivity index (χ3n) is 15.1. The monoisotopic (exact) mass is 991 g/mol. The number of Topliss-reactive ketones (excluding diaryl/α,β-unsaturated/α-hetero) is 1. The van der Waals surface area contributed by atoms with Gasteiger partial charge in [0.05, 0.1) is 42.2 Å². The fourth-order valence-electron chi connectivity index (χ4n) is 11.3. The van der Waals surface area contributed by atoms with Gasteiger partial charge in [-0.15, -0.1) is 0 Å². The molecular weight excluding hydrogens is 927 g/mol. The van der Waals surface area contributed by atoms with Crippen LogP contribution < -0.4 is 24.7 Å². The average molecular weight is 992 g/mol. The van der Waals surface area contributed by atoms with Crippen LogP contribution in [0.5, 0.6) is 23.0 Å². The van der Waals surface area contributed by atoms with E-state index in [4.69, 9.17) is 39.1 Å². The number of aliphatic imine (C=N–C) groups is 1. The summed E-state index contributed by atoms with van der Waals surface area (Å²) >= 11 is 0. The molecule has 9 rings (SSSR count). The van der Waals surface area contributed by atoms with Gasteiger partial charge in [0.2, 0.25) is 6.29 Å². The van der Waals surface area contributed by atoms with Crippen molar-refractivity contribution >= 4 is 35.3 Å². The van der Waals surface area contributed by atoms with E-state index in [0.717, 1.165) is 11.1 Å². The third-order valence-corrected chi connectivity index (χ3v) is 15.1. The minimum Gasteiger partial charge on any atom is -0.482 e. The van der Waals surface area contributed by atoms with Gasteiger partial charge in [0.15, 0.2) is 22.7 Å². The maximum atomic E-state index is 15.2. The Kier molecular flexibility index (Phi) is 14.3. The van der Waals surface area contributed by atoms with Gasteiger partial charge in [-0.3, -0.25) is 4.79 Å². The van der Waals surface area contributed by atoms with Gasteiger partial charge in [-0.25, -0.2) is 14.6 Å². The molecule has 1 spiro atoms. The molecule has 72 heavy (non-hydrogen) atoms. The fraction of sp³-hybridized carbons (Fsp3) is 0.509. The van der Waals surface area contributed by atoms with Crippen LogP contribution in [0, 0.1) is 40.9 Å².